The summed E-state index contributed by atoms with van der Waals surface area (Å²) < 4.78 is 11.9. The highest BCUT2D eigenvalue weighted by molar-refractivity contribution is 6.01. The van der Waals surface area contributed by atoms with Gasteiger partial charge in [-0.15, -0.1) is 6.58 Å². The van der Waals surface area contributed by atoms with Gasteiger partial charge in [-0.3, -0.25) is 19.2 Å². The SMILES string of the molecule is C=CC1CC2C3CCC4=CC(=O)C=CC4(C)C3C(O)CC2(C)C1(OC(=O)CCCC)C(=O)COC(=O)CCCC(C)CC. The maximum absolute atomic E-state index is 14.4. The normalized spacial score (nSPS) is 36.9. The van der Waals surface area contributed by atoms with E-state index >= 15 is 0 Å². The Balaban J connectivity index is 1.66. The number of aliphatic hydroxyl groups is 1. The van der Waals surface area contributed by atoms with E-state index in [1.165, 1.54) is 0 Å². The van der Waals surface area contributed by atoms with Crippen molar-refractivity contribution in [1.82, 2.24) is 0 Å². The lowest BCUT2D eigenvalue weighted by Crippen LogP contribution is -2.64. The molecule has 0 aromatic heterocycles. The fraction of sp³-hybridized carbons (Fsp3) is 0.722. The number of unbranched alkanes of at least 4 members (excludes halogenated alkanes) is 1. The Kier molecular flexibility index (Phi) is 10.3. The van der Waals surface area contributed by atoms with Gasteiger partial charge in [0.05, 0.1) is 6.10 Å². The number of hydrogen-bond acceptors (Lipinski definition) is 7. The van der Waals surface area contributed by atoms with E-state index in [1.807, 2.05) is 19.9 Å². The van der Waals surface area contributed by atoms with Gasteiger partial charge in [0.15, 0.2) is 18.0 Å². The number of carbonyl (C=O) groups is 4. The van der Waals surface area contributed by atoms with Gasteiger partial charge in [0.2, 0.25) is 5.78 Å². The summed E-state index contributed by atoms with van der Waals surface area (Å²) in [7, 11) is 0. The number of allylic oxidation sites excluding steroid dienone is 4. The molecule has 0 aliphatic heterocycles. The van der Waals surface area contributed by atoms with Crippen molar-refractivity contribution < 1.29 is 33.8 Å². The maximum Gasteiger partial charge on any atom is 0.306 e. The molecule has 0 heterocycles. The lowest BCUT2D eigenvalue weighted by Gasteiger charge is -2.60. The van der Waals surface area contributed by atoms with Crippen LogP contribution in [0, 0.1) is 40.4 Å². The fourth-order valence-corrected chi connectivity index (χ4v) is 9.11. The molecule has 1 N–H and O–H groups in total. The fourth-order valence-electron chi connectivity index (χ4n) is 9.11. The first-order valence-corrected chi connectivity index (χ1v) is 16.5. The van der Waals surface area contributed by atoms with Crippen molar-refractivity contribution in [2.45, 2.75) is 117 Å². The van der Waals surface area contributed by atoms with Gasteiger partial charge in [0, 0.05) is 35.5 Å². The monoisotopic (exact) mass is 596 g/mol. The van der Waals surface area contributed by atoms with Crippen LogP contribution in [0.2, 0.25) is 0 Å². The van der Waals surface area contributed by atoms with E-state index in [0.29, 0.717) is 25.2 Å². The van der Waals surface area contributed by atoms with Crippen LogP contribution in [-0.4, -0.2) is 46.9 Å². The van der Waals surface area contributed by atoms with Gasteiger partial charge in [-0.1, -0.05) is 71.6 Å². The van der Waals surface area contributed by atoms with Gasteiger partial charge >= 0.3 is 11.9 Å². The first-order valence-electron chi connectivity index (χ1n) is 16.5. The predicted molar refractivity (Wildman–Crippen MR) is 165 cm³/mol. The lowest BCUT2D eigenvalue weighted by atomic mass is 9.46. The second kappa shape index (κ2) is 13.2. The van der Waals surface area contributed by atoms with Crippen molar-refractivity contribution in [3.63, 3.8) is 0 Å². The summed E-state index contributed by atoms with van der Waals surface area (Å²) in [6.45, 7) is 13.9. The molecule has 0 bridgehead atoms. The van der Waals surface area contributed by atoms with E-state index in [4.69, 9.17) is 9.47 Å². The van der Waals surface area contributed by atoms with Gasteiger partial charge in [0.1, 0.15) is 0 Å². The highest BCUT2D eigenvalue weighted by Gasteiger charge is 2.73. The number of Topliss-reactive ketones (excluding diaryl/α,β-unsaturated/α-hetero) is 1. The molecule has 0 aromatic carbocycles. The van der Waals surface area contributed by atoms with Gasteiger partial charge in [-0.25, -0.2) is 0 Å². The second-order valence-corrected chi connectivity index (χ2v) is 14.1. The molecule has 3 fully saturated rings. The molecule has 0 spiro atoms. The zero-order valence-electron chi connectivity index (χ0n) is 26.9. The standard InChI is InChI=1S/C36H52O7/c1-7-10-13-32(41)43-36(30(39)22-42-31(40)14-11-12-23(4)8-2)24(9-3)20-28-27-16-15-25-19-26(37)17-18-34(25,5)33(27)29(38)21-35(28,36)6/h9,17-19,23-24,27-29,33,38H,3,7-8,10-16,20-22H2,1-2,4-6H3. The Bertz CT molecular complexity index is 1170. The Morgan fingerprint density at radius 2 is 1.88 bits per heavy atom. The minimum atomic E-state index is -1.59. The Morgan fingerprint density at radius 3 is 2.56 bits per heavy atom. The van der Waals surface area contributed by atoms with Gasteiger partial charge < -0.3 is 14.6 Å². The minimum Gasteiger partial charge on any atom is -0.457 e. The topological polar surface area (TPSA) is 107 Å². The third kappa shape index (κ3) is 5.95. The maximum atomic E-state index is 14.4. The number of aliphatic hydroxyl groups excluding tert-OH is 1. The van der Waals surface area contributed by atoms with Crippen LogP contribution in [-0.2, 0) is 28.7 Å². The molecule has 238 valence electrons. The number of rotatable bonds is 13. The van der Waals surface area contributed by atoms with Crippen LogP contribution in [0.25, 0.3) is 0 Å². The van der Waals surface area contributed by atoms with Gasteiger partial charge in [0.25, 0.3) is 0 Å². The van der Waals surface area contributed by atoms with Crippen LogP contribution in [0.4, 0.5) is 0 Å². The first kappa shape index (κ1) is 33.4. The number of hydrogen-bond donors (Lipinski definition) is 1. The van der Waals surface area contributed by atoms with E-state index in [0.717, 1.165) is 37.7 Å². The van der Waals surface area contributed by atoms with E-state index in [9.17, 15) is 24.3 Å². The van der Waals surface area contributed by atoms with Crippen molar-refractivity contribution >= 4 is 23.5 Å². The first-order chi connectivity index (χ1) is 20.4. The highest BCUT2D eigenvalue weighted by Crippen LogP contribution is 2.69. The smallest absolute Gasteiger partial charge is 0.306 e. The highest BCUT2D eigenvalue weighted by atomic mass is 16.6. The van der Waals surface area contributed by atoms with Gasteiger partial charge in [-0.05, 0) is 68.4 Å². The average Bonchev–Trinajstić information content (AvgIpc) is 3.22. The molecule has 43 heavy (non-hydrogen) atoms. The Labute approximate surface area is 257 Å². The van der Waals surface area contributed by atoms with Crippen molar-refractivity contribution in [3.05, 3.63) is 36.5 Å². The van der Waals surface area contributed by atoms with Crippen LogP contribution in [0.15, 0.2) is 36.5 Å². The number of esters is 2. The third-order valence-electron chi connectivity index (χ3n) is 11.6. The number of carbonyl (C=O) groups excluding carboxylic acids is 4. The van der Waals surface area contributed by atoms with Crippen LogP contribution in [0.1, 0.15) is 105 Å². The molecular weight excluding hydrogens is 544 g/mol. The minimum absolute atomic E-state index is 0.0216. The summed E-state index contributed by atoms with van der Waals surface area (Å²) in [5.74, 6) is -1.43. The summed E-state index contributed by atoms with van der Waals surface area (Å²) in [5.41, 5.74) is -1.89. The molecule has 4 aliphatic carbocycles. The number of ether oxygens (including phenoxy) is 2. The molecular formula is C36H52O7. The third-order valence-corrected chi connectivity index (χ3v) is 11.6. The largest absolute Gasteiger partial charge is 0.457 e. The molecule has 0 radical (unpaired) electrons. The molecule has 3 saturated carbocycles. The molecule has 4 aliphatic rings. The number of fused-ring (bicyclic) bond motifs is 5. The molecule has 7 nitrogen and oxygen atoms in total. The van der Waals surface area contributed by atoms with Crippen LogP contribution < -0.4 is 0 Å². The molecule has 0 saturated heterocycles. The van der Waals surface area contributed by atoms with Crippen molar-refractivity contribution in [3.8, 4) is 0 Å². The number of ketones is 2. The van der Waals surface area contributed by atoms with Crippen LogP contribution >= 0.6 is 0 Å². The van der Waals surface area contributed by atoms with E-state index in [-0.39, 0.29) is 42.8 Å². The molecule has 9 unspecified atom stereocenters. The summed E-state index contributed by atoms with van der Waals surface area (Å²) in [6.07, 6.45) is 13.1. The predicted octanol–water partition coefficient (Wildman–Crippen LogP) is 6.48. The van der Waals surface area contributed by atoms with Crippen molar-refractivity contribution in [2.24, 2.45) is 40.4 Å². The lowest BCUT2D eigenvalue weighted by molar-refractivity contribution is -0.205. The zero-order chi connectivity index (χ0) is 31.6. The summed E-state index contributed by atoms with van der Waals surface area (Å²) >= 11 is 0. The van der Waals surface area contributed by atoms with Gasteiger partial charge in [-0.2, -0.15) is 0 Å². The van der Waals surface area contributed by atoms with E-state index in [2.05, 4.69) is 27.4 Å². The molecule has 9 atom stereocenters. The Hall–Kier alpha value is -2.54. The molecule has 7 heteroatoms. The summed E-state index contributed by atoms with van der Waals surface area (Å²) in [5, 5.41) is 11.9. The van der Waals surface area contributed by atoms with Crippen molar-refractivity contribution in [2.75, 3.05) is 6.61 Å². The average molecular weight is 597 g/mol. The van der Waals surface area contributed by atoms with Crippen LogP contribution in [0.3, 0.4) is 0 Å². The van der Waals surface area contributed by atoms with E-state index in [1.54, 1.807) is 18.2 Å². The second-order valence-electron chi connectivity index (χ2n) is 14.1. The summed E-state index contributed by atoms with van der Waals surface area (Å²) in [4.78, 5) is 52.6. The zero-order valence-corrected chi connectivity index (χ0v) is 26.9. The van der Waals surface area contributed by atoms with Crippen LogP contribution in [0.5, 0.6) is 0 Å². The molecule has 4 rings (SSSR count). The summed E-state index contributed by atoms with van der Waals surface area (Å²) in [6, 6.07) is 0. The van der Waals surface area contributed by atoms with E-state index < -0.39 is 52.8 Å². The quantitative estimate of drug-likeness (QED) is 0.192. The molecule has 0 amide bonds. The van der Waals surface area contributed by atoms with Crippen molar-refractivity contribution in [1.29, 1.82) is 0 Å². The Morgan fingerprint density at radius 1 is 1.16 bits per heavy atom. The molecule has 0 aromatic rings.